The summed E-state index contributed by atoms with van der Waals surface area (Å²) < 4.78 is 0. The maximum atomic E-state index is 11.3. The number of hydrogen-bond donors (Lipinski definition) is 3. The minimum absolute atomic E-state index is 0.314. The summed E-state index contributed by atoms with van der Waals surface area (Å²) in [7, 11) is -0.858. The average Bonchev–Trinajstić information content (AvgIpc) is 2.59. The molecule has 0 saturated heterocycles. The van der Waals surface area contributed by atoms with E-state index in [1.54, 1.807) is 17.6 Å². The zero-order chi connectivity index (χ0) is 11.3. The zero-order valence-corrected chi connectivity index (χ0v) is 8.80. The van der Waals surface area contributed by atoms with Crippen molar-refractivity contribution >= 4 is 43.3 Å². The molecule has 0 aromatic carbocycles. The van der Waals surface area contributed by atoms with Gasteiger partial charge in [-0.25, -0.2) is 14.6 Å². The highest BCUT2D eigenvalue weighted by atomic mass is 32.2. The molecule has 3 amide bonds. The lowest BCUT2D eigenvalue weighted by Crippen LogP contribution is -2.22. The van der Waals surface area contributed by atoms with E-state index in [2.05, 4.69) is 15.6 Å². The van der Waals surface area contributed by atoms with Crippen molar-refractivity contribution < 1.29 is 9.59 Å². The van der Waals surface area contributed by atoms with Gasteiger partial charge in [-0.15, -0.1) is 0 Å². The lowest BCUT2D eigenvalue weighted by atomic mass is 10.2. The normalized spacial score (nSPS) is 14.5. The first kappa shape index (κ1) is 9.10. The van der Waals surface area contributed by atoms with E-state index in [1.807, 2.05) is 0 Å². The van der Waals surface area contributed by atoms with Crippen LogP contribution in [0.4, 0.5) is 21.0 Å². The Hall–Kier alpha value is -2.15. The van der Waals surface area contributed by atoms with E-state index in [4.69, 9.17) is 5.73 Å². The van der Waals surface area contributed by atoms with Crippen molar-refractivity contribution in [1.29, 1.82) is 0 Å². The molecule has 3 rings (SSSR count). The van der Waals surface area contributed by atoms with Crippen molar-refractivity contribution in [1.82, 2.24) is 4.98 Å². The van der Waals surface area contributed by atoms with Gasteiger partial charge in [0.25, 0.3) is 4.83 Å². The largest absolute Gasteiger partial charge is 0.455 e. The minimum Gasteiger partial charge on any atom is -0.320 e. The Morgan fingerprint density at radius 2 is 2.12 bits per heavy atom. The molecule has 4 N–H and O–H groups in total. The van der Waals surface area contributed by atoms with Gasteiger partial charge >= 0.3 is 11.3 Å². The van der Waals surface area contributed by atoms with Crippen LogP contribution in [-0.2, 0) is 0 Å². The number of aromatic nitrogens is 1. The smallest absolute Gasteiger partial charge is 0.320 e. The highest BCUT2D eigenvalue weighted by molar-refractivity contribution is 7.54. The van der Waals surface area contributed by atoms with E-state index < -0.39 is 15.7 Å². The summed E-state index contributed by atoms with van der Waals surface area (Å²) in [4.78, 5) is 27.3. The number of carbonyl (C=O) groups is 2. The summed E-state index contributed by atoms with van der Waals surface area (Å²) in [5.41, 5.74) is 6.57. The number of carbonyl (C=O) groups excluding carboxylic acids is 2. The molecule has 0 spiro atoms. The molecule has 2 aromatic heterocycles. The molecule has 80 valence electrons. The topological polar surface area (TPSA) is 97.1 Å². The van der Waals surface area contributed by atoms with Crippen molar-refractivity contribution in [2.24, 2.45) is 5.73 Å². The van der Waals surface area contributed by atoms with Gasteiger partial charge in [0, 0.05) is 6.20 Å². The van der Waals surface area contributed by atoms with Gasteiger partial charge in [0.1, 0.15) is 21.5 Å². The Bertz CT molecular complexity index is 634. The van der Waals surface area contributed by atoms with Crippen LogP contribution in [0.3, 0.4) is 0 Å². The molecule has 7 heteroatoms. The second-order valence-corrected chi connectivity index (χ2v) is 5.01. The summed E-state index contributed by atoms with van der Waals surface area (Å²) in [5.74, 6) is 0. The van der Waals surface area contributed by atoms with Crippen LogP contribution >= 0.6 is 10.5 Å². The molecule has 6 nitrogen and oxygen atoms in total. The first-order chi connectivity index (χ1) is 7.66. The van der Waals surface area contributed by atoms with Crippen LogP contribution < -0.4 is 16.4 Å². The second kappa shape index (κ2) is 2.92. The summed E-state index contributed by atoms with van der Waals surface area (Å²) in [6, 6.07) is 1.38. The van der Waals surface area contributed by atoms with Gasteiger partial charge in [-0.05, 0) is 6.07 Å². The SMILES string of the molecule is NC(=O)[s+]1cc2c3c(ccnc31)NC(=O)N2. The standard InChI is InChI=1S/C9H6N4O2S/c10-8(14)16-3-5-6-4(12-9(15)13-5)1-2-11-7(6)16/h1-3H,(H3-,10,11,12,13,14,15)/p+1. The molecular weight excluding hydrogens is 228 g/mol. The van der Waals surface area contributed by atoms with Gasteiger partial charge in [-0.1, -0.05) is 0 Å². The van der Waals surface area contributed by atoms with Crippen LogP contribution in [-0.4, -0.2) is 16.3 Å². The summed E-state index contributed by atoms with van der Waals surface area (Å²) >= 11 is 0. The fourth-order valence-corrected chi connectivity index (χ4v) is 3.17. The molecule has 0 aliphatic carbocycles. The number of nitrogens with two attached hydrogens (primary N) is 1. The van der Waals surface area contributed by atoms with E-state index in [-0.39, 0.29) is 6.03 Å². The first-order valence-corrected chi connectivity index (χ1v) is 5.77. The van der Waals surface area contributed by atoms with Crippen LogP contribution in [0.5, 0.6) is 0 Å². The number of nitrogens with zero attached hydrogens (tertiary/aromatic N) is 1. The Morgan fingerprint density at radius 3 is 2.88 bits per heavy atom. The number of urea groups is 1. The molecule has 0 radical (unpaired) electrons. The molecule has 16 heavy (non-hydrogen) atoms. The van der Waals surface area contributed by atoms with Crippen LogP contribution in [0.2, 0.25) is 0 Å². The Kier molecular flexibility index (Phi) is 1.66. The third-order valence-electron chi connectivity index (χ3n) is 2.34. The lowest BCUT2D eigenvalue weighted by Gasteiger charge is -2.12. The van der Waals surface area contributed by atoms with Crippen LogP contribution in [0.1, 0.15) is 0 Å². The molecular formula is C9H7N4O2S+. The lowest BCUT2D eigenvalue weighted by molar-refractivity contribution is 0.262. The van der Waals surface area contributed by atoms with Gasteiger partial charge in [0.2, 0.25) is 0 Å². The number of hydrogen-bond acceptors (Lipinski definition) is 3. The number of amides is 3. The number of thiophene rings is 1. The Balaban J connectivity index is 2.41. The van der Waals surface area contributed by atoms with Gasteiger partial charge in [-0.2, -0.15) is 0 Å². The van der Waals surface area contributed by atoms with Crippen molar-refractivity contribution in [3.63, 3.8) is 0 Å². The average molecular weight is 235 g/mol. The number of rotatable bonds is 1. The molecule has 0 fully saturated rings. The van der Waals surface area contributed by atoms with Gasteiger partial charge in [0.05, 0.1) is 5.69 Å². The van der Waals surface area contributed by atoms with Crippen molar-refractivity contribution in [3.05, 3.63) is 17.6 Å². The van der Waals surface area contributed by atoms with Gasteiger partial charge in [-0.3, -0.25) is 0 Å². The summed E-state index contributed by atoms with van der Waals surface area (Å²) in [6.07, 6.45) is 1.56. The number of nitrogens with one attached hydrogen (secondary N) is 2. The van der Waals surface area contributed by atoms with Gasteiger partial charge in [0.15, 0.2) is 5.38 Å². The number of primary amides is 1. The predicted octanol–water partition coefficient (Wildman–Crippen LogP) is 1.87. The van der Waals surface area contributed by atoms with Gasteiger partial charge < -0.3 is 16.4 Å². The molecule has 1 aliphatic heterocycles. The summed E-state index contributed by atoms with van der Waals surface area (Å²) in [6.45, 7) is 0. The monoisotopic (exact) mass is 235 g/mol. The predicted molar refractivity (Wildman–Crippen MR) is 61.8 cm³/mol. The maximum absolute atomic E-state index is 11.3. The number of anilines is 2. The zero-order valence-electron chi connectivity index (χ0n) is 7.98. The molecule has 1 aliphatic rings. The molecule has 3 heterocycles. The molecule has 1 atom stereocenters. The molecule has 2 aromatic rings. The van der Waals surface area contributed by atoms with E-state index in [0.717, 1.165) is 5.39 Å². The maximum Gasteiger partial charge on any atom is 0.455 e. The fourth-order valence-electron chi connectivity index (χ4n) is 1.73. The number of pyridine rings is 1. The van der Waals surface area contributed by atoms with Crippen molar-refractivity contribution in [3.8, 4) is 0 Å². The van der Waals surface area contributed by atoms with Crippen LogP contribution in [0.15, 0.2) is 17.6 Å². The van der Waals surface area contributed by atoms with Crippen molar-refractivity contribution in [2.45, 2.75) is 0 Å². The fraction of sp³-hybridized carbons (Fsp3) is 0. The quantitative estimate of drug-likeness (QED) is 0.658. The van der Waals surface area contributed by atoms with E-state index in [1.165, 1.54) is 0 Å². The molecule has 0 bridgehead atoms. The van der Waals surface area contributed by atoms with Crippen molar-refractivity contribution in [2.75, 3.05) is 10.6 Å². The minimum atomic E-state index is -0.858. The van der Waals surface area contributed by atoms with E-state index in [9.17, 15) is 9.59 Å². The summed E-state index contributed by atoms with van der Waals surface area (Å²) in [5, 5.41) is 7.26. The molecule has 0 saturated carbocycles. The second-order valence-electron chi connectivity index (χ2n) is 3.31. The molecule has 1 unspecified atom stereocenters. The van der Waals surface area contributed by atoms with Crippen LogP contribution in [0.25, 0.3) is 10.2 Å². The van der Waals surface area contributed by atoms with E-state index >= 15 is 0 Å². The Morgan fingerprint density at radius 1 is 1.38 bits per heavy atom. The van der Waals surface area contributed by atoms with Crippen LogP contribution in [0, 0.1) is 0 Å². The van der Waals surface area contributed by atoms with E-state index in [0.29, 0.717) is 16.2 Å². The third kappa shape index (κ3) is 1.09. The highest BCUT2D eigenvalue weighted by Gasteiger charge is 2.30. The third-order valence-corrected chi connectivity index (χ3v) is 3.97. The first-order valence-electron chi connectivity index (χ1n) is 4.48. The highest BCUT2D eigenvalue weighted by Crippen LogP contribution is 2.42. The Labute approximate surface area is 92.4 Å².